The van der Waals surface area contributed by atoms with Crippen molar-refractivity contribution in [1.29, 1.82) is 0 Å². The largest absolute Gasteiger partial charge is 0.381 e. The second kappa shape index (κ2) is 13.8. The summed E-state index contributed by atoms with van der Waals surface area (Å²) in [6.45, 7) is 4.93. The quantitative estimate of drug-likeness (QED) is 0.263. The van der Waals surface area contributed by atoms with Crippen molar-refractivity contribution in [3.05, 3.63) is 29.8 Å². The lowest BCUT2D eigenvalue weighted by atomic mass is 10.2. The van der Waals surface area contributed by atoms with E-state index in [0.29, 0.717) is 19.1 Å². The van der Waals surface area contributed by atoms with Crippen LogP contribution in [0.15, 0.2) is 29.3 Å². The van der Waals surface area contributed by atoms with Gasteiger partial charge in [-0.1, -0.05) is 31.5 Å². The molecule has 0 fully saturated rings. The molecule has 0 aliphatic carbocycles. The van der Waals surface area contributed by atoms with Crippen molar-refractivity contribution in [2.75, 3.05) is 32.2 Å². The first-order valence-electron chi connectivity index (χ1n) is 7.49. The minimum atomic E-state index is 0. The Morgan fingerprint density at radius 3 is 2.68 bits per heavy atom. The van der Waals surface area contributed by atoms with Gasteiger partial charge in [-0.25, -0.2) is 0 Å². The van der Waals surface area contributed by atoms with Crippen LogP contribution in [0.25, 0.3) is 0 Å². The fraction of sp³-hybridized carbons (Fsp3) is 0.562. The Morgan fingerprint density at radius 2 is 1.95 bits per heavy atom. The number of nitrogens with zero attached hydrogens (tertiary/aromatic N) is 1. The number of nitrogens with one attached hydrogen (secondary N) is 1. The number of guanidine groups is 1. The maximum absolute atomic E-state index is 5.89. The van der Waals surface area contributed by atoms with Gasteiger partial charge in [0.25, 0.3) is 0 Å². The second-order valence-corrected chi connectivity index (χ2v) is 4.80. The third-order valence-electron chi connectivity index (χ3n) is 2.95. The summed E-state index contributed by atoms with van der Waals surface area (Å²) in [6, 6.07) is 7.89. The predicted molar refractivity (Wildman–Crippen MR) is 103 cm³/mol. The maximum Gasteiger partial charge on any atom is 0.193 e. The molecule has 5 nitrogen and oxygen atoms in total. The van der Waals surface area contributed by atoms with E-state index in [2.05, 4.69) is 17.2 Å². The van der Waals surface area contributed by atoms with Crippen molar-refractivity contribution in [3.8, 4) is 0 Å². The number of unbranched alkanes of at least 4 members (excludes halogenated alkanes) is 1. The van der Waals surface area contributed by atoms with E-state index in [4.69, 9.17) is 15.2 Å². The number of hydrogen-bond acceptors (Lipinski definition) is 3. The summed E-state index contributed by atoms with van der Waals surface area (Å²) in [7, 11) is 1.67. The highest BCUT2D eigenvalue weighted by Gasteiger charge is 2.02. The molecule has 0 spiro atoms. The van der Waals surface area contributed by atoms with Crippen molar-refractivity contribution in [1.82, 2.24) is 0 Å². The molecule has 6 heteroatoms. The first-order chi connectivity index (χ1) is 10.3. The van der Waals surface area contributed by atoms with Crippen LogP contribution in [-0.2, 0) is 16.1 Å². The molecule has 0 saturated heterocycles. The van der Waals surface area contributed by atoms with Crippen LogP contribution in [0.1, 0.15) is 31.7 Å². The summed E-state index contributed by atoms with van der Waals surface area (Å²) in [4.78, 5) is 4.30. The number of para-hydroxylation sites is 1. The van der Waals surface area contributed by atoms with Crippen molar-refractivity contribution in [3.63, 3.8) is 0 Å². The Kier molecular flexibility index (Phi) is 13.2. The van der Waals surface area contributed by atoms with Gasteiger partial charge >= 0.3 is 0 Å². The van der Waals surface area contributed by atoms with Crippen LogP contribution in [0.4, 0.5) is 5.69 Å². The zero-order valence-corrected chi connectivity index (χ0v) is 15.8. The molecule has 22 heavy (non-hydrogen) atoms. The molecule has 0 bridgehead atoms. The topological polar surface area (TPSA) is 68.9 Å². The smallest absolute Gasteiger partial charge is 0.193 e. The third kappa shape index (κ3) is 9.22. The fourth-order valence-electron chi connectivity index (χ4n) is 1.82. The molecule has 0 amide bonds. The Balaban J connectivity index is 0.00000441. The molecule has 1 rings (SSSR count). The van der Waals surface area contributed by atoms with Gasteiger partial charge in [0, 0.05) is 38.1 Å². The molecular formula is C16H28IN3O2. The van der Waals surface area contributed by atoms with Crippen LogP contribution in [0.3, 0.4) is 0 Å². The SMILES string of the molecule is CCCCOCCCN=C(N)Nc1ccccc1COC.I. The Bertz CT molecular complexity index is 428. The average Bonchev–Trinajstić information content (AvgIpc) is 2.48. The molecule has 3 N–H and O–H groups in total. The lowest BCUT2D eigenvalue weighted by molar-refractivity contribution is 0.130. The van der Waals surface area contributed by atoms with Gasteiger partial charge in [0.05, 0.1) is 6.61 Å². The summed E-state index contributed by atoms with van der Waals surface area (Å²) < 4.78 is 10.6. The monoisotopic (exact) mass is 421 g/mol. The molecule has 1 aromatic rings. The standard InChI is InChI=1S/C16H27N3O2.HI/c1-3-4-11-21-12-7-10-18-16(17)19-15-9-6-5-8-14(15)13-20-2;/h5-6,8-9H,3-4,7,10-13H2,1-2H3,(H3,17,18,19);1H. The molecule has 0 aliphatic rings. The van der Waals surface area contributed by atoms with E-state index in [9.17, 15) is 0 Å². The van der Waals surface area contributed by atoms with E-state index in [1.54, 1.807) is 7.11 Å². The summed E-state index contributed by atoms with van der Waals surface area (Å²) in [6.07, 6.45) is 3.16. The zero-order chi connectivity index (χ0) is 15.3. The Morgan fingerprint density at radius 1 is 1.23 bits per heavy atom. The van der Waals surface area contributed by atoms with Gasteiger partial charge in [0.2, 0.25) is 0 Å². The number of rotatable bonds is 10. The number of aliphatic imine (C=N–C) groups is 1. The van der Waals surface area contributed by atoms with Crippen molar-refractivity contribution in [2.24, 2.45) is 10.7 Å². The summed E-state index contributed by atoms with van der Waals surface area (Å²) >= 11 is 0. The third-order valence-corrected chi connectivity index (χ3v) is 2.95. The van der Waals surface area contributed by atoms with E-state index in [-0.39, 0.29) is 24.0 Å². The Hall–Kier alpha value is -0.860. The number of anilines is 1. The molecule has 0 radical (unpaired) electrons. The number of benzene rings is 1. The van der Waals surface area contributed by atoms with Crippen LogP contribution in [-0.4, -0.2) is 32.8 Å². The highest BCUT2D eigenvalue weighted by molar-refractivity contribution is 14.0. The van der Waals surface area contributed by atoms with Crippen molar-refractivity contribution in [2.45, 2.75) is 32.8 Å². The highest BCUT2D eigenvalue weighted by atomic mass is 127. The van der Waals surface area contributed by atoms with E-state index in [0.717, 1.165) is 43.7 Å². The van der Waals surface area contributed by atoms with Crippen LogP contribution in [0, 0.1) is 0 Å². The summed E-state index contributed by atoms with van der Waals surface area (Å²) in [5, 5.41) is 3.11. The van der Waals surface area contributed by atoms with Crippen molar-refractivity contribution < 1.29 is 9.47 Å². The molecule has 1 aromatic carbocycles. The van der Waals surface area contributed by atoms with E-state index in [1.165, 1.54) is 0 Å². The maximum atomic E-state index is 5.89. The molecule has 0 aromatic heterocycles. The van der Waals surface area contributed by atoms with Crippen LogP contribution in [0.2, 0.25) is 0 Å². The number of methoxy groups -OCH3 is 1. The molecule has 126 valence electrons. The minimum absolute atomic E-state index is 0. The summed E-state index contributed by atoms with van der Waals surface area (Å²) in [5.41, 5.74) is 7.88. The van der Waals surface area contributed by atoms with Gasteiger partial charge in [-0.05, 0) is 18.9 Å². The lowest BCUT2D eigenvalue weighted by Gasteiger charge is -2.10. The summed E-state index contributed by atoms with van der Waals surface area (Å²) in [5.74, 6) is 0.423. The second-order valence-electron chi connectivity index (χ2n) is 4.80. The lowest BCUT2D eigenvalue weighted by Crippen LogP contribution is -2.23. The molecule has 0 unspecified atom stereocenters. The van der Waals surface area contributed by atoms with Gasteiger partial charge in [-0.15, -0.1) is 24.0 Å². The fourth-order valence-corrected chi connectivity index (χ4v) is 1.82. The first-order valence-corrected chi connectivity index (χ1v) is 7.49. The number of ether oxygens (including phenoxy) is 2. The number of nitrogens with two attached hydrogens (primary N) is 1. The van der Waals surface area contributed by atoms with E-state index in [1.807, 2.05) is 24.3 Å². The van der Waals surface area contributed by atoms with Gasteiger partial charge in [0.15, 0.2) is 5.96 Å². The van der Waals surface area contributed by atoms with Crippen LogP contribution in [0.5, 0.6) is 0 Å². The number of halogens is 1. The van der Waals surface area contributed by atoms with Crippen molar-refractivity contribution >= 4 is 35.6 Å². The van der Waals surface area contributed by atoms with Gasteiger partial charge < -0.3 is 20.5 Å². The van der Waals surface area contributed by atoms with E-state index >= 15 is 0 Å². The molecular weight excluding hydrogens is 393 g/mol. The predicted octanol–water partition coefficient (Wildman–Crippen LogP) is 3.38. The Labute approximate surface area is 150 Å². The minimum Gasteiger partial charge on any atom is -0.381 e. The van der Waals surface area contributed by atoms with Gasteiger partial charge in [0.1, 0.15) is 0 Å². The van der Waals surface area contributed by atoms with Gasteiger partial charge in [-0.2, -0.15) is 0 Å². The van der Waals surface area contributed by atoms with E-state index < -0.39 is 0 Å². The van der Waals surface area contributed by atoms with Gasteiger partial charge in [-0.3, -0.25) is 4.99 Å². The molecule has 0 atom stereocenters. The first kappa shape index (κ1) is 21.1. The highest BCUT2D eigenvalue weighted by Crippen LogP contribution is 2.15. The number of hydrogen-bond donors (Lipinski definition) is 2. The van der Waals surface area contributed by atoms with Crippen LogP contribution < -0.4 is 11.1 Å². The molecule has 0 heterocycles. The normalized spacial score (nSPS) is 11.1. The molecule has 0 saturated carbocycles. The zero-order valence-electron chi connectivity index (χ0n) is 13.5. The average molecular weight is 421 g/mol. The molecule has 0 aliphatic heterocycles. The van der Waals surface area contributed by atoms with Crippen LogP contribution >= 0.6 is 24.0 Å².